The molecule has 0 radical (unpaired) electrons. The molecule has 1 saturated carbocycles. The average molecular weight is 444 g/mol. The van der Waals surface area contributed by atoms with Crippen molar-refractivity contribution >= 4 is 40.2 Å². The number of fused-ring (bicyclic) bond motifs is 1. The summed E-state index contributed by atoms with van der Waals surface area (Å²) in [4.78, 5) is 11.9. The molecule has 0 atom stereocenters. The van der Waals surface area contributed by atoms with E-state index in [9.17, 15) is 0 Å². The predicted octanol–water partition coefficient (Wildman–Crippen LogP) is 6.51. The summed E-state index contributed by atoms with van der Waals surface area (Å²) in [6, 6.07) is 5.55. The molecule has 7 heteroatoms. The third kappa shape index (κ3) is 3.56. The standard InChI is InChI=1S/C23H27Cl2N5/c1-22(2)7-4-8-23(14-22)9-11-30(12-10-23)17-13-26-20-19(28-29-21(20)27-17)15-5-3-6-16(24)18(15)25/h3,5-6,13H,4,7-12,14H2,1-2H3,(H,27,28,29). The highest BCUT2D eigenvalue weighted by molar-refractivity contribution is 6.43. The molecule has 5 rings (SSSR count). The van der Waals surface area contributed by atoms with Gasteiger partial charge in [-0.05, 0) is 49.0 Å². The molecule has 2 aliphatic rings. The molecule has 0 amide bonds. The molecule has 3 heterocycles. The number of hydrogen-bond donors (Lipinski definition) is 1. The summed E-state index contributed by atoms with van der Waals surface area (Å²) in [5.74, 6) is 0.905. The van der Waals surface area contributed by atoms with Crippen molar-refractivity contribution in [1.82, 2.24) is 20.2 Å². The van der Waals surface area contributed by atoms with Gasteiger partial charge in [0.2, 0.25) is 5.65 Å². The molecular weight excluding hydrogens is 417 g/mol. The van der Waals surface area contributed by atoms with Crippen molar-refractivity contribution in [3.05, 3.63) is 34.4 Å². The van der Waals surface area contributed by atoms with Crippen molar-refractivity contribution < 1.29 is 0 Å². The van der Waals surface area contributed by atoms with Crippen LogP contribution in [0, 0.1) is 10.8 Å². The minimum absolute atomic E-state index is 0.478. The van der Waals surface area contributed by atoms with Gasteiger partial charge in [-0.2, -0.15) is 5.10 Å². The van der Waals surface area contributed by atoms with Crippen LogP contribution in [0.15, 0.2) is 24.4 Å². The number of hydrogen-bond acceptors (Lipinski definition) is 4. The van der Waals surface area contributed by atoms with E-state index in [0.717, 1.165) is 30.2 Å². The first-order chi connectivity index (χ1) is 14.4. The molecule has 158 valence electrons. The monoisotopic (exact) mass is 443 g/mol. The zero-order valence-electron chi connectivity index (χ0n) is 17.5. The van der Waals surface area contributed by atoms with Gasteiger partial charge in [0.05, 0.1) is 21.9 Å². The van der Waals surface area contributed by atoms with Crippen LogP contribution < -0.4 is 4.90 Å². The van der Waals surface area contributed by atoms with Gasteiger partial charge in [-0.25, -0.2) is 9.97 Å². The van der Waals surface area contributed by atoms with Gasteiger partial charge in [-0.3, -0.25) is 5.10 Å². The van der Waals surface area contributed by atoms with Gasteiger partial charge in [0, 0.05) is 18.7 Å². The first kappa shape index (κ1) is 20.1. The van der Waals surface area contributed by atoms with Gasteiger partial charge in [-0.15, -0.1) is 0 Å². The second-order valence-electron chi connectivity index (χ2n) is 9.78. The molecule has 1 N–H and O–H groups in total. The molecule has 5 nitrogen and oxygen atoms in total. The van der Waals surface area contributed by atoms with Crippen LogP contribution >= 0.6 is 23.2 Å². The Balaban J connectivity index is 1.38. The number of nitrogens with one attached hydrogen (secondary N) is 1. The molecule has 1 spiro atoms. The molecular formula is C23H27Cl2N5. The second kappa shape index (κ2) is 7.38. The fourth-order valence-corrected chi connectivity index (χ4v) is 5.99. The van der Waals surface area contributed by atoms with Gasteiger partial charge in [-0.1, -0.05) is 55.6 Å². The van der Waals surface area contributed by atoms with Crippen LogP contribution in [0.5, 0.6) is 0 Å². The third-order valence-corrected chi connectivity index (χ3v) is 7.85. The quantitative estimate of drug-likeness (QED) is 0.489. The summed E-state index contributed by atoms with van der Waals surface area (Å²) in [6.07, 6.45) is 9.78. The van der Waals surface area contributed by atoms with Crippen LogP contribution in [0.3, 0.4) is 0 Å². The Bertz CT molecular complexity index is 1080. The zero-order chi connectivity index (χ0) is 20.9. The largest absolute Gasteiger partial charge is 0.355 e. The molecule has 0 unspecified atom stereocenters. The number of rotatable bonds is 2. The van der Waals surface area contributed by atoms with E-state index >= 15 is 0 Å². The van der Waals surface area contributed by atoms with Crippen molar-refractivity contribution in [2.75, 3.05) is 18.0 Å². The highest BCUT2D eigenvalue weighted by Gasteiger charge is 2.42. The summed E-state index contributed by atoms with van der Waals surface area (Å²) in [7, 11) is 0. The Kier molecular flexibility index (Phi) is 4.94. The molecule has 1 aliphatic heterocycles. The maximum absolute atomic E-state index is 6.39. The molecule has 30 heavy (non-hydrogen) atoms. The van der Waals surface area contributed by atoms with Gasteiger partial charge in [0.1, 0.15) is 11.3 Å². The minimum atomic E-state index is 0.478. The molecule has 2 aromatic heterocycles. The predicted molar refractivity (Wildman–Crippen MR) is 123 cm³/mol. The van der Waals surface area contributed by atoms with E-state index in [1.54, 1.807) is 6.07 Å². The van der Waals surface area contributed by atoms with Gasteiger partial charge < -0.3 is 4.90 Å². The van der Waals surface area contributed by atoms with Crippen molar-refractivity contribution in [2.24, 2.45) is 10.8 Å². The first-order valence-electron chi connectivity index (χ1n) is 10.8. The molecule has 2 fully saturated rings. The van der Waals surface area contributed by atoms with E-state index in [1.165, 1.54) is 38.5 Å². The average Bonchev–Trinajstić information content (AvgIpc) is 3.13. The lowest BCUT2D eigenvalue weighted by molar-refractivity contribution is 0.0591. The maximum Gasteiger partial charge on any atom is 0.202 e. The maximum atomic E-state index is 6.39. The number of H-pyrrole nitrogens is 1. The van der Waals surface area contributed by atoms with Crippen molar-refractivity contribution in [2.45, 2.75) is 52.4 Å². The van der Waals surface area contributed by atoms with Gasteiger partial charge in [0.15, 0.2) is 0 Å². The van der Waals surface area contributed by atoms with E-state index < -0.39 is 0 Å². The van der Waals surface area contributed by atoms with Crippen molar-refractivity contribution in [3.63, 3.8) is 0 Å². The lowest BCUT2D eigenvalue weighted by Crippen LogP contribution is -2.44. The van der Waals surface area contributed by atoms with Crippen LogP contribution in [0.4, 0.5) is 5.82 Å². The fourth-order valence-electron chi connectivity index (χ4n) is 5.59. The van der Waals surface area contributed by atoms with Crippen LogP contribution in [-0.2, 0) is 0 Å². The Morgan fingerprint density at radius 1 is 1.07 bits per heavy atom. The van der Waals surface area contributed by atoms with E-state index in [2.05, 4.69) is 28.9 Å². The fraction of sp³-hybridized carbons (Fsp3) is 0.522. The Hall–Kier alpha value is -1.85. The topological polar surface area (TPSA) is 57.7 Å². The zero-order valence-corrected chi connectivity index (χ0v) is 19.0. The minimum Gasteiger partial charge on any atom is -0.355 e. The summed E-state index contributed by atoms with van der Waals surface area (Å²) >= 11 is 12.6. The number of nitrogens with zero attached hydrogens (tertiary/aromatic N) is 4. The van der Waals surface area contributed by atoms with E-state index in [4.69, 9.17) is 33.2 Å². The Morgan fingerprint density at radius 3 is 2.63 bits per heavy atom. The molecule has 1 saturated heterocycles. The number of halogens is 2. The van der Waals surface area contributed by atoms with E-state index in [1.807, 2.05) is 18.3 Å². The van der Waals surface area contributed by atoms with Gasteiger partial charge in [0.25, 0.3) is 0 Å². The molecule has 1 aliphatic carbocycles. The SMILES string of the molecule is CC1(C)CCCC2(CCN(c3cnc4c(-c5cccc(Cl)c5Cl)[nH]nc4n3)CC2)C1. The second-order valence-corrected chi connectivity index (χ2v) is 10.6. The number of aromatic amines is 1. The van der Waals surface area contributed by atoms with Gasteiger partial charge >= 0.3 is 0 Å². The third-order valence-electron chi connectivity index (χ3n) is 7.04. The highest BCUT2D eigenvalue weighted by Crippen LogP contribution is 2.51. The van der Waals surface area contributed by atoms with E-state index in [-0.39, 0.29) is 0 Å². The van der Waals surface area contributed by atoms with Crippen LogP contribution in [0.2, 0.25) is 10.0 Å². The van der Waals surface area contributed by atoms with Crippen LogP contribution in [-0.4, -0.2) is 33.3 Å². The number of benzene rings is 1. The van der Waals surface area contributed by atoms with Crippen molar-refractivity contribution in [1.29, 1.82) is 0 Å². The highest BCUT2D eigenvalue weighted by atomic mass is 35.5. The summed E-state index contributed by atoms with van der Waals surface area (Å²) < 4.78 is 0. The summed E-state index contributed by atoms with van der Waals surface area (Å²) in [5.41, 5.74) is 3.85. The van der Waals surface area contributed by atoms with Crippen LogP contribution in [0.1, 0.15) is 52.4 Å². The smallest absolute Gasteiger partial charge is 0.202 e. The number of piperidine rings is 1. The lowest BCUT2D eigenvalue weighted by Gasteiger charge is -2.49. The Labute approximate surface area is 187 Å². The summed E-state index contributed by atoms with van der Waals surface area (Å²) in [6.45, 7) is 6.93. The molecule has 0 bridgehead atoms. The number of anilines is 1. The normalized spacial score (nSPS) is 20.7. The van der Waals surface area contributed by atoms with Crippen molar-refractivity contribution in [3.8, 4) is 11.3 Å². The summed E-state index contributed by atoms with van der Waals surface area (Å²) in [5, 5.41) is 8.45. The lowest BCUT2D eigenvalue weighted by atomic mass is 9.60. The first-order valence-corrected chi connectivity index (χ1v) is 11.5. The van der Waals surface area contributed by atoms with E-state index in [0.29, 0.717) is 32.0 Å². The Morgan fingerprint density at radius 2 is 1.87 bits per heavy atom. The molecule has 1 aromatic carbocycles. The van der Waals surface area contributed by atoms with Crippen LogP contribution in [0.25, 0.3) is 22.4 Å². The number of aromatic nitrogens is 4. The molecule has 3 aromatic rings.